The number of nitrogens with one attached hydrogen (secondary N) is 1. The summed E-state index contributed by atoms with van der Waals surface area (Å²) in [5.74, 6) is -0.235. The molecule has 3 aromatic rings. The van der Waals surface area contributed by atoms with Gasteiger partial charge in [0.1, 0.15) is 11.4 Å². The molecule has 5 nitrogen and oxygen atoms in total. The number of amides is 2. The van der Waals surface area contributed by atoms with Crippen molar-refractivity contribution >= 4 is 28.8 Å². The first-order chi connectivity index (χ1) is 14.9. The lowest BCUT2D eigenvalue weighted by Gasteiger charge is -2.18. The van der Waals surface area contributed by atoms with Crippen LogP contribution in [-0.4, -0.2) is 18.9 Å². The minimum atomic E-state index is -0.389. The lowest BCUT2D eigenvalue weighted by molar-refractivity contribution is -0.120. The largest absolute Gasteiger partial charge is 0.496 e. The van der Waals surface area contributed by atoms with E-state index in [9.17, 15) is 9.59 Å². The Hall–Kier alpha value is -3.86. The number of imide groups is 1. The predicted octanol–water partition coefficient (Wildman–Crippen LogP) is 5.02. The first kappa shape index (κ1) is 20.4. The van der Waals surface area contributed by atoms with Crippen molar-refractivity contribution in [3.8, 4) is 5.75 Å². The van der Waals surface area contributed by atoms with Gasteiger partial charge in [0.2, 0.25) is 0 Å². The fourth-order valence-electron chi connectivity index (χ4n) is 3.87. The lowest BCUT2D eigenvalue weighted by atomic mass is 10.0. The molecule has 0 aromatic heterocycles. The first-order valence-electron chi connectivity index (χ1n) is 10.1. The molecule has 0 saturated carbocycles. The molecule has 1 aliphatic rings. The third-order valence-electron chi connectivity index (χ3n) is 5.46. The standard InChI is InChI=1S/C26H24N2O3/c1-16-13-14-20(18(3)15-16)27-24-23(19-10-6-8-12-22(19)31-4)25(29)28(26(24)30)21-11-7-5-9-17(21)2/h5-15,27H,1-4H3. The Balaban J connectivity index is 1.90. The summed E-state index contributed by atoms with van der Waals surface area (Å²) in [7, 11) is 1.55. The van der Waals surface area contributed by atoms with Crippen molar-refractivity contribution in [1.82, 2.24) is 0 Å². The van der Waals surface area contributed by atoms with Gasteiger partial charge in [0.15, 0.2) is 0 Å². The van der Waals surface area contributed by atoms with E-state index in [2.05, 4.69) is 5.32 Å². The maximum absolute atomic E-state index is 13.6. The molecule has 1 N–H and O–H groups in total. The van der Waals surface area contributed by atoms with Gasteiger partial charge in [-0.15, -0.1) is 0 Å². The van der Waals surface area contributed by atoms with Crippen molar-refractivity contribution in [3.63, 3.8) is 0 Å². The second-order valence-corrected chi connectivity index (χ2v) is 7.63. The zero-order valence-electron chi connectivity index (χ0n) is 18.0. The van der Waals surface area contributed by atoms with Gasteiger partial charge in [0.25, 0.3) is 11.8 Å². The van der Waals surface area contributed by atoms with Crippen LogP contribution in [0.1, 0.15) is 22.3 Å². The highest BCUT2D eigenvalue weighted by molar-refractivity contribution is 6.46. The SMILES string of the molecule is COc1ccccc1C1=C(Nc2ccc(C)cc2C)C(=O)N(c2ccccc2C)C1=O. The number of nitrogens with zero attached hydrogens (tertiary/aromatic N) is 1. The molecule has 0 radical (unpaired) electrons. The van der Waals surface area contributed by atoms with E-state index < -0.39 is 0 Å². The first-order valence-corrected chi connectivity index (χ1v) is 10.1. The molecular formula is C26H24N2O3. The lowest BCUT2D eigenvalue weighted by Crippen LogP contribution is -2.33. The molecule has 4 rings (SSSR count). The molecule has 1 heterocycles. The Labute approximate surface area is 182 Å². The van der Waals surface area contributed by atoms with Crippen molar-refractivity contribution < 1.29 is 14.3 Å². The van der Waals surface area contributed by atoms with Crippen LogP contribution in [0.5, 0.6) is 5.75 Å². The third-order valence-corrected chi connectivity index (χ3v) is 5.46. The second-order valence-electron chi connectivity index (χ2n) is 7.63. The summed E-state index contributed by atoms with van der Waals surface area (Å²) in [4.78, 5) is 28.4. The van der Waals surface area contributed by atoms with Crippen molar-refractivity contribution in [2.24, 2.45) is 0 Å². The molecule has 0 bridgehead atoms. The Morgan fingerprint density at radius 2 is 1.52 bits per heavy atom. The van der Waals surface area contributed by atoms with Crippen molar-refractivity contribution in [1.29, 1.82) is 0 Å². The maximum atomic E-state index is 13.6. The molecule has 0 aliphatic carbocycles. The van der Waals surface area contributed by atoms with Gasteiger partial charge in [-0.1, -0.05) is 54.1 Å². The van der Waals surface area contributed by atoms with E-state index in [0.29, 0.717) is 22.6 Å². The highest BCUT2D eigenvalue weighted by Crippen LogP contribution is 2.38. The Morgan fingerprint density at radius 3 is 2.23 bits per heavy atom. The van der Waals surface area contributed by atoms with E-state index in [1.807, 2.05) is 69.3 Å². The Kier molecular flexibility index (Phi) is 5.34. The van der Waals surface area contributed by atoms with E-state index in [4.69, 9.17) is 4.74 Å². The average Bonchev–Trinajstić information content (AvgIpc) is 3.00. The molecule has 3 aromatic carbocycles. The summed E-state index contributed by atoms with van der Waals surface area (Å²) in [6, 6.07) is 20.5. The fraction of sp³-hybridized carbons (Fsp3) is 0.154. The van der Waals surface area contributed by atoms with Crippen LogP contribution >= 0.6 is 0 Å². The normalized spacial score (nSPS) is 13.7. The van der Waals surface area contributed by atoms with Crippen molar-refractivity contribution in [2.45, 2.75) is 20.8 Å². The molecule has 0 fully saturated rings. The van der Waals surface area contributed by atoms with Crippen LogP contribution < -0.4 is 15.0 Å². The minimum absolute atomic E-state index is 0.240. The van der Waals surface area contributed by atoms with E-state index in [1.165, 1.54) is 4.90 Å². The van der Waals surface area contributed by atoms with Crippen LogP contribution in [0.2, 0.25) is 0 Å². The smallest absolute Gasteiger partial charge is 0.282 e. The van der Waals surface area contributed by atoms with Crippen LogP contribution in [0.15, 0.2) is 72.4 Å². The maximum Gasteiger partial charge on any atom is 0.282 e. The number of ether oxygens (including phenoxy) is 1. The second kappa shape index (κ2) is 8.11. The van der Waals surface area contributed by atoms with E-state index in [1.54, 1.807) is 25.3 Å². The molecule has 0 spiro atoms. The van der Waals surface area contributed by atoms with Gasteiger partial charge in [-0.05, 0) is 50.1 Å². The van der Waals surface area contributed by atoms with Crippen molar-refractivity contribution in [3.05, 3.63) is 94.7 Å². The molecule has 0 saturated heterocycles. The predicted molar refractivity (Wildman–Crippen MR) is 123 cm³/mol. The van der Waals surface area contributed by atoms with Gasteiger partial charge in [0, 0.05) is 11.3 Å². The molecule has 5 heteroatoms. The summed E-state index contributed by atoms with van der Waals surface area (Å²) in [5, 5.41) is 3.25. The molecule has 1 aliphatic heterocycles. The fourth-order valence-corrected chi connectivity index (χ4v) is 3.87. The molecule has 2 amide bonds. The third kappa shape index (κ3) is 3.59. The van der Waals surface area contributed by atoms with E-state index in [-0.39, 0.29) is 17.5 Å². The number of anilines is 2. The van der Waals surface area contributed by atoms with Crippen LogP contribution in [0.25, 0.3) is 5.57 Å². The van der Waals surface area contributed by atoms with E-state index in [0.717, 1.165) is 22.4 Å². The number of rotatable bonds is 5. The van der Waals surface area contributed by atoms with Gasteiger partial charge in [-0.25, -0.2) is 4.90 Å². The summed E-state index contributed by atoms with van der Waals surface area (Å²) < 4.78 is 5.50. The number of hydrogen-bond donors (Lipinski definition) is 1. The number of benzene rings is 3. The van der Waals surface area contributed by atoms with Crippen LogP contribution in [-0.2, 0) is 9.59 Å². The summed E-state index contributed by atoms with van der Waals surface area (Å²) in [5.41, 5.74) is 5.42. The van der Waals surface area contributed by atoms with Crippen molar-refractivity contribution in [2.75, 3.05) is 17.3 Å². The number of para-hydroxylation sites is 2. The van der Waals surface area contributed by atoms with Crippen LogP contribution in [0.4, 0.5) is 11.4 Å². The number of carbonyl (C=O) groups excluding carboxylic acids is 2. The monoisotopic (exact) mass is 412 g/mol. The number of aryl methyl sites for hydroxylation is 3. The Bertz CT molecular complexity index is 1230. The van der Waals surface area contributed by atoms with Gasteiger partial charge in [-0.2, -0.15) is 0 Å². The molecule has 0 unspecified atom stereocenters. The van der Waals surface area contributed by atoms with E-state index >= 15 is 0 Å². The van der Waals surface area contributed by atoms with Gasteiger partial charge < -0.3 is 10.1 Å². The van der Waals surface area contributed by atoms with Crippen LogP contribution in [0.3, 0.4) is 0 Å². The molecule has 156 valence electrons. The Morgan fingerprint density at radius 1 is 0.806 bits per heavy atom. The topological polar surface area (TPSA) is 58.6 Å². The molecule has 31 heavy (non-hydrogen) atoms. The number of carbonyl (C=O) groups is 2. The highest BCUT2D eigenvalue weighted by Gasteiger charge is 2.41. The van der Waals surface area contributed by atoms with Gasteiger partial charge in [0.05, 0.1) is 18.4 Å². The quantitative estimate of drug-likeness (QED) is 0.598. The summed E-state index contributed by atoms with van der Waals surface area (Å²) in [6.07, 6.45) is 0. The summed E-state index contributed by atoms with van der Waals surface area (Å²) >= 11 is 0. The number of hydrogen-bond acceptors (Lipinski definition) is 4. The zero-order valence-corrected chi connectivity index (χ0v) is 18.0. The zero-order chi connectivity index (χ0) is 22.1. The minimum Gasteiger partial charge on any atom is -0.496 e. The van der Waals surface area contributed by atoms with Crippen LogP contribution in [0, 0.1) is 20.8 Å². The molecular weight excluding hydrogens is 388 g/mol. The van der Waals surface area contributed by atoms with Gasteiger partial charge >= 0.3 is 0 Å². The number of methoxy groups -OCH3 is 1. The molecule has 0 atom stereocenters. The highest BCUT2D eigenvalue weighted by atomic mass is 16.5. The van der Waals surface area contributed by atoms with Gasteiger partial charge in [-0.3, -0.25) is 9.59 Å². The summed E-state index contributed by atoms with van der Waals surface area (Å²) in [6.45, 7) is 5.87. The average molecular weight is 412 g/mol.